The number of nitrogens with zero attached hydrogens (tertiary/aromatic N) is 4. The van der Waals surface area contributed by atoms with E-state index in [0.717, 1.165) is 0 Å². The van der Waals surface area contributed by atoms with Crippen LogP contribution in [0, 0.1) is 0 Å². The van der Waals surface area contributed by atoms with Gasteiger partial charge in [-0.05, 0) is 13.0 Å². The van der Waals surface area contributed by atoms with Gasteiger partial charge in [0.25, 0.3) is 0 Å². The van der Waals surface area contributed by atoms with E-state index in [9.17, 15) is 4.79 Å². The first-order valence-electron chi connectivity index (χ1n) is 5.44. The summed E-state index contributed by atoms with van der Waals surface area (Å²) in [5.41, 5.74) is -0.0775. The molecule has 7 nitrogen and oxygen atoms in total. The summed E-state index contributed by atoms with van der Waals surface area (Å²) in [6.45, 7) is 2.61. The zero-order valence-electron chi connectivity index (χ0n) is 9.82. The normalized spacial score (nSPS) is 12.1. The van der Waals surface area contributed by atoms with Crippen LogP contribution in [-0.4, -0.2) is 36.9 Å². The van der Waals surface area contributed by atoms with Crippen molar-refractivity contribution in [1.82, 2.24) is 19.7 Å². The second-order valence-electron chi connectivity index (χ2n) is 3.87. The first-order chi connectivity index (χ1) is 8.65. The van der Waals surface area contributed by atoms with E-state index in [1.54, 1.807) is 10.9 Å². The van der Waals surface area contributed by atoms with Gasteiger partial charge in [-0.1, -0.05) is 0 Å². The van der Waals surface area contributed by atoms with Crippen LogP contribution >= 0.6 is 0 Å². The second kappa shape index (κ2) is 5.26. The molecule has 2 aromatic heterocycles. The Labute approximate surface area is 104 Å². The lowest BCUT2D eigenvalue weighted by Crippen LogP contribution is -2.23. The number of rotatable bonds is 5. The largest absolute Gasteiger partial charge is 0.476 e. The number of carbonyl (C=O) groups is 1. The minimum atomic E-state index is -1.09. The van der Waals surface area contributed by atoms with Crippen LogP contribution in [0.15, 0.2) is 30.9 Å². The van der Waals surface area contributed by atoms with Gasteiger partial charge in [0.1, 0.15) is 5.82 Å². The lowest BCUT2D eigenvalue weighted by Gasteiger charge is -2.14. The standard InChI is InChI=1S/C11H13N5O2/c1-8(7-16-4-2-3-13-16)14-10-6-12-5-9(15-10)11(17)18/h2-6,8H,7H2,1H3,(H,14,15)(H,17,18). The summed E-state index contributed by atoms with van der Waals surface area (Å²) in [4.78, 5) is 18.5. The molecular weight excluding hydrogens is 234 g/mol. The highest BCUT2D eigenvalue weighted by atomic mass is 16.4. The van der Waals surface area contributed by atoms with Crippen LogP contribution < -0.4 is 5.32 Å². The Balaban J connectivity index is 2.00. The first kappa shape index (κ1) is 12.0. The molecule has 0 fully saturated rings. The highest BCUT2D eigenvalue weighted by Gasteiger charge is 2.08. The van der Waals surface area contributed by atoms with E-state index in [0.29, 0.717) is 12.4 Å². The van der Waals surface area contributed by atoms with Crippen molar-refractivity contribution in [3.05, 3.63) is 36.5 Å². The number of hydrogen-bond acceptors (Lipinski definition) is 5. The molecule has 2 N–H and O–H groups in total. The molecule has 0 amide bonds. The Hall–Kier alpha value is -2.44. The van der Waals surface area contributed by atoms with Gasteiger partial charge in [-0.25, -0.2) is 9.78 Å². The maximum atomic E-state index is 10.8. The predicted molar refractivity (Wildman–Crippen MR) is 64.3 cm³/mol. The molecule has 18 heavy (non-hydrogen) atoms. The number of carboxylic acids is 1. The molecule has 94 valence electrons. The quantitative estimate of drug-likeness (QED) is 0.814. The van der Waals surface area contributed by atoms with Crippen molar-refractivity contribution in [2.24, 2.45) is 0 Å². The number of aromatic carboxylic acids is 1. The maximum absolute atomic E-state index is 10.8. The van der Waals surface area contributed by atoms with E-state index in [1.165, 1.54) is 12.4 Å². The van der Waals surface area contributed by atoms with Crippen molar-refractivity contribution in [3.8, 4) is 0 Å². The lowest BCUT2D eigenvalue weighted by atomic mass is 10.3. The Bertz CT molecular complexity index is 526. The van der Waals surface area contributed by atoms with Gasteiger partial charge in [-0.2, -0.15) is 5.10 Å². The first-order valence-corrected chi connectivity index (χ1v) is 5.44. The Kier molecular flexibility index (Phi) is 3.52. The number of nitrogens with one attached hydrogen (secondary N) is 1. The molecule has 1 unspecified atom stereocenters. The minimum absolute atomic E-state index is 0.0586. The zero-order chi connectivity index (χ0) is 13.0. The fourth-order valence-electron chi connectivity index (χ4n) is 1.53. The van der Waals surface area contributed by atoms with Crippen molar-refractivity contribution in [2.75, 3.05) is 5.32 Å². The van der Waals surface area contributed by atoms with Gasteiger partial charge in [0.05, 0.1) is 18.9 Å². The van der Waals surface area contributed by atoms with Crippen molar-refractivity contribution in [3.63, 3.8) is 0 Å². The fraction of sp³-hybridized carbons (Fsp3) is 0.273. The average Bonchev–Trinajstić information content (AvgIpc) is 2.82. The predicted octanol–water partition coefficient (Wildman–Crippen LogP) is 0.872. The number of carboxylic acid groups (broad SMARTS) is 1. The molecule has 0 saturated carbocycles. The Morgan fingerprint density at radius 3 is 3.06 bits per heavy atom. The highest BCUT2D eigenvalue weighted by molar-refractivity contribution is 5.85. The van der Waals surface area contributed by atoms with Gasteiger partial charge >= 0.3 is 5.97 Å². The van der Waals surface area contributed by atoms with Crippen LogP contribution in [0.3, 0.4) is 0 Å². The van der Waals surface area contributed by atoms with Crippen LogP contribution in [0.2, 0.25) is 0 Å². The van der Waals surface area contributed by atoms with Crippen LogP contribution in [0.4, 0.5) is 5.82 Å². The Morgan fingerprint density at radius 2 is 2.39 bits per heavy atom. The van der Waals surface area contributed by atoms with E-state index in [4.69, 9.17) is 5.11 Å². The number of aromatic nitrogens is 4. The molecule has 0 aromatic carbocycles. The van der Waals surface area contributed by atoms with Crippen LogP contribution in [0.5, 0.6) is 0 Å². The molecule has 1 atom stereocenters. The number of hydrogen-bond donors (Lipinski definition) is 2. The topological polar surface area (TPSA) is 92.9 Å². The van der Waals surface area contributed by atoms with Gasteiger partial charge in [0.15, 0.2) is 5.69 Å². The molecule has 2 heterocycles. The summed E-state index contributed by atoms with van der Waals surface area (Å²) in [6, 6.07) is 1.90. The monoisotopic (exact) mass is 247 g/mol. The molecular formula is C11H13N5O2. The fourth-order valence-corrected chi connectivity index (χ4v) is 1.53. The minimum Gasteiger partial charge on any atom is -0.476 e. The van der Waals surface area contributed by atoms with Gasteiger partial charge < -0.3 is 10.4 Å². The summed E-state index contributed by atoms with van der Waals surface area (Å²) < 4.78 is 1.78. The van der Waals surface area contributed by atoms with Gasteiger partial charge in [0.2, 0.25) is 0 Å². The van der Waals surface area contributed by atoms with Crippen molar-refractivity contribution in [2.45, 2.75) is 19.5 Å². The SMILES string of the molecule is CC(Cn1cccn1)Nc1cncc(C(=O)O)n1. The van der Waals surface area contributed by atoms with Crippen LogP contribution in [0.1, 0.15) is 17.4 Å². The van der Waals surface area contributed by atoms with Gasteiger partial charge in [-0.15, -0.1) is 0 Å². The summed E-state index contributed by atoms with van der Waals surface area (Å²) in [5.74, 6) is -0.652. The summed E-state index contributed by atoms with van der Waals surface area (Å²) in [5, 5.41) is 16.0. The molecule has 0 aliphatic carbocycles. The molecule has 2 aromatic rings. The molecule has 7 heteroatoms. The van der Waals surface area contributed by atoms with Crippen LogP contribution in [0.25, 0.3) is 0 Å². The highest BCUT2D eigenvalue weighted by Crippen LogP contribution is 2.05. The third-order valence-corrected chi connectivity index (χ3v) is 2.27. The Morgan fingerprint density at radius 1 is 1.56 bits per heavy atom. The molecule has 0 radical (unpaired) electrons. The van der Waals surface area contributed by atoms with Gasteiger partial charge in [0, 0.05) is 18.4 Å². The molecule has 0 saturated heterocycles. The van der Waals surface area contributed by atoms with E-state index < -0.39 is 5.97 Å². The third kappa shape index (κ3) is 3.03. The maximum Gasteiger partial charge on any atom is 0.356 e. The molecule has 0 aliphatic heterocycles. The summed E-state index contributed by atoms with van der Waals surface area (Å²) >= 11 is 0. The zero-order valence-corrected chi connectivity index (χ0v) is 9.82. The van der Waals surface area contributed by atoms with Gasteiger partial charge in [-0.3, -0.25) is 9.67 Å². The molecule has 0 bridgehead atoms. The molecule has 0 aliphatic rings. The van der Waals surface area contributed by atoms with E-state index in [1.807, 2.05) is 19.2 Å². The smallest absolute Gasteiger partial charge is 0.356 e. The van der Waals surface area contributed by atoms with E-state index >= 15 is 0 Å². The average molecular weight is 247 g/mol. The van der Waals surface area contributed by atoms with E-state index in [-0.39, 0.29) is 11.7 Å². The van der Waals surface area contributed by atoms with Crippen molar-refractivity contribution >= 4 is 11.8 Å². The van der Waals surface area contributed by atoms with Crippen molar-refractivity contribution in [1.29, 1.82) is 0 Å². The summed E-state index contributed by atoms with van der Waals surface area (Å²) in [7, 11) is 0. The van der Waals surface area contributed by atoms with Crippen LogP contribution in [-0.2, 0) is 6.54 Å². The molecule has 0 spiro atoms. The molecule has 2 rings (SSSR count). The van der Waals surface area contributed by atoms with Crippen molar-refractivity contribution < 1.29 is 9.90 Å². The summed E-state index contributed by atoms with van der Waals surface area (Å²) in [6.07, 6.45) is 6.27. The lowest BCUT2D eigenvalue weighted by molar-refractivity contribution is 0.0690. The third-order valence-electron chi connectivity index (χ3n) is 2.27. The second-order valence-corrected chi connectivity index (χ2v) is 3.87. The number of anilines is 1. The van der Waals surface area contributed by atoms with E-state index in [2.05, 4.69) is 20.4 Å².